The van der Waals surface area contributed by atoms with Gasteiger partial charge in [-0.1, -0.05) is 12.1 Å². The monoisotopic (exact) mass is 483 g/mol. The van der Waals surface area contributed by atoms with Gasteiger partial charge in [-0.3, -0.25) is 25.0 Å². The summed E-state index contributed by atoms with van der Waals surface area (Å²) in [6.45, 7) is 3.90. The number of hydrogen-bond acceptors (Lipinski definition) is 6. The Morgan fingerprint density at radius 2 is 1.33 bits per heavy atom. The van der Waals surface area contributed by atoms with Crippen molar-refractivity contribution >= 4 is 23.5 Å². The Balaban J connectivity index is 1.48. The van der Waals surface area contributed by atoms with Crippen LogP contribution >= 0.6 is 0 Å². The van der Waals surface area contributed by atoms with Crippen molar-refractivity contribution < 1.29 is 14.6 Å². The molecule has 1 amide bonds. The fraction of sp³-hybridized carbons (Fsp3) is 0.0769. The first-order chi connectivity index (χ1) is 17.2. The van der Waals surface area contributed by atoms with E-state index in [0.29, 0.717) is 0 Å². The SMILES string of the molecule is Cc1cc(/C=N/NC(=O)c2ccc([N+](=O)[O-])cc2)c(C)n1-c1ccc(-c2ccc([N+](=O)[O-])cc2)cc1. The highest BCUT2D eigenvalue weighted by Crippen LogP contribution is 2.26. The van der Waals surface area contributed by atoms with Crippen LogP contribution in [0.2, 0.25) is 0 Å². The first kappa shape index (κ1) is 24.0. The van der Waals surface area contributed by atoms with Gasteiger partial charge >= 0.3 is 0 Å². The number of nitrogens with one attached hydrogen (secondary N) is 1. The first-order valence-corrected chi connectivity index (χ1v) is 10.9. The van der Waals surface area contributed by atoms with Gasteiger partial charge in [-0.05, 0) is 67.4 Å². The number of aromatic nitrogens is 1. The van der Waals surface area contributed by atoms with Gasteiger partial charge in [0.2, 0.25) is 0 Å². The van der Waals surface area contributed by atoms with Crippen molar-refractivity contribution in [2.45, 2.75) is 13.8 Å². The summed E-state index contributed by atoms with van der Waals surface area (Å²) in [5.41, 5.74) is 8.11. The van der Waals surface area contributed by atoms with Crippen molar-refractivity contribution in [1.82, 2.24) is 9.99 Å². The van der Waals surface area contributed by atoms with Crippen molar-refractivity contribution in [3.05, 3.63) is 122 Å². The smallest absolute Gasteiger partial charge is 0.271 e. The van der Waals surface area contributed by atoms with Crippen LogP contribution in [0, 0.1) is 34.1 Å². The van der Waals surface area contributed by atoms with Gasteiger partial charge in [-0.25, -0.2) is 5.43 Å². The number of nitro benzene ring substituents is 2. The zero-order valence-corrected chi connectivity index (χ0v) is 19.4. The number of non-ortho nitro benzene ring substituents is 2. The summed E-state index contributed by atoms with van der Waals surface area (Å²) < 4.78 is 2.05. The second-order valence-electron chi connectivity index (χ2n) is 8.02. The molecule has 180 valence electrons. The van der Waals surface area contributed by atoms with E-state index in [0.717, 1.165) is 33.8 Å². The highest BCUT2D eigenvalue weighted by atomic mass is 16.6. The predicted octanol–water partition coefficient (Wildman–Crippen LogP) is 5.34. The molecule has 4 rings (SSSR count). The summed E-state index contributed by atoms with van der Waals surface area (Å²) in [6.07, 6.45) is 1.55. The fourth-order valence-electron chi connectivity index (χ4n) is 3.85. The average Bonchev–Trinajstić information content (AvgIpc) is 3.16. The standard InChI is InChI=1S/C26H21N5O5/c1-17-15-22(16-27-28-26(32)21-7-13-25(14-8-21)31(35)36)18(2)29(17)23-9-3-19(4-10-23)20-5-11-24(12-6-20)30(33)34/h3-16H,1-2H3,(H,28,32)/b27-16+. The molecule has 0 aliphatic rings. The molecule has 0 aliphatic carbocycles. The van der Waals surface area contributed by atoms with Crippen molar-refractivity contribution in [1.29, 1.82) is 0 Å². The molecule has 10 nitrogen and oxygen atoms in total. The molecule has 36 heavy (non-hydrogen) atoms. The van der Waals surface area contributed by atoms with Gasteiger partial charge in [0.1, 0.15) is 0 Å². The zero-order valence-electron chi connectivity index (χ0n) is 19.4. The molecule has 1 N–H and O–H groups in total. The van der Waals surface area contributed by atoms with E-state index in [-0.39, 0.29) is 16.9 Å². The highest BCUT2D eigenvalue weighted by molar-refractivity contribution is 5.95. The van der Waals surface area contributed by atoms with E-state index in [2.05, 4.69) is 15.1 Å². The molecule has 0 fully saturated rings. The number of benzene rings is 3. The zero-order chi connectivity index (χ0) is 25.8. The van der Waals surface area contributed by atoms with Crippen LogP contribution in [0.5, 0.6) is 0 Å². The minimum atomic E-state index is -0.529. The highest BCUT2D eigenvalue weighted by Gasteiger charge is 2.12. The minimum absolute atomic E-state index is 0.0482. The number of amides is 1. The Morgan fingerprint density at radius 1 is 0.833 bits per heavy atom. The van der Waals surface area contributed by atoms with Crippen LogP contribution in [0.1, 0.15) is 27.3 Å². The number of aryl methyl sites for hydroxylation is 1. The molecule has 4 aromatic rings. The molecule has 0 aliphatic heterocycles. The molecule has 0 spiro atoms. The number of nitrogens with zero attached hydrogens (tertiary/aromatic N) is 4. The Kier molecular flexibility index (Phi) is 6.68. The van der Waals surface area contributed by atoms with Crippen molar-refractivity contribution in [3.8, 4) is 16.8 Å². The van der Waals surface area contributed by atoms with Crippen LogP contribution in [-0.4, -0.2) is 26.5 Å². The van der Waals surface area contributed by atoms with E-state index < -0.39 is 15.8 Å². The Hall–Kier alpha value is -5.12. The van der Waals surface area contributed by atoms with Gasteiger partial charge in [0.15, 0.2) is 0 Å². The van der Waals surface area contributed by atoms with E-state index in [4.69, 9.17) is 0 Å². The van der Waals surface area contributed by atoms with E-state index in [1.165, 1.54) is 36.4 Å². The maximum atomic E-state index is 12.3. The summed E-state index contributed by atoms with van der Waals surface area (Å²) in [7, 11) is 0. The third kappa shape index (κ3) is 5.02. The first-order valence-electron chi connectivity index (χ1n) is 10.9. The van der Waals surface area contributed by atoms with Crippen LogP contribution in [-0.2, 0) is 0 Å². The second kappa shape index (κ2) is 10.0. The number of nitro groups is 2. The molecule has 0 unspecified atom stereocenters. The van der Waals surface area contributed by atoms with Gasteiger partial charge in [-0.2, -0.15) is 5.10 Å². The van der Waals surface area contributed by atoms with E-state index in [1.807, 2.05) is 44.2 Å². The van der Waals surface area contributed by atoms with Crippen molar-refractivity contribution in [3.63, 3.8) is 0 Å². The lowest BCUT2D eigenvalue weighted by Crippen LogP contribution is -2.17. The fourth-order valence-corrected chi connectivity index (χ4v) is 3.85. The molecule has 0 atom stereocenters. The number of rotatable bonds is 7. The van der Waals surface area contributed by atoms with E-state index >= 15 is 0 Å². The molecule has 1 aromatic heterocycles. The number of carbonyl (C=O) groups is 1. The summed E-state index contributed by atoms with van der Waals surface area (Å²) in [4.78, 5) is 32.9. The molecule has 10 heteroatoms. The summed E-state index contributed by atoms with van der Waals surface area (Å²) in [5, 5.41) is 25.6. The number of hydrazone groups is 1. The molecule has 1 heterocycles. The van der Waals surface area contributed by atoms with Gasteiger partial charge in [0.05, 0.1) is 16.1 Å². The van der Waals surface area contributed by atoms with Gasteiger partial charge < -0.3 is 4.57 Å². The topological polar surface area (TPSA) is 133 Å². The Bertz CT molecular complexity index is 1470. The molecule has 3 aromatic carbocycles. The molecule has 0 saturated heterocycles. The third-order valence-corrected chi connectivity index (χ3v) is 5.72. The second-order valence-corrected chi connectivity index (χ2v) is 8.02. The van der Waals surface area contributed by atoms with Crippen LogP contribution in [0.4, 0.5) is 11.4 Å². The predicted molar refractivity (Wildman–Crippen MR) is 135 cm³/mol. The summed E-state index contributed by atoms with van der Waals surface area (Å²) in [5.74, 6) is -0.475. The lowest BCUT2D eigenvalue weighted by atomic mass is 10.0. The van der Waals surface area contributed by atoms with E-state index in [9.17, 15) is 25.0 Å². The van der Waals surface area contributed by atoms with Crippen LogP contribution in [0.3, 0.4) is 0 Å². The van der Waals surface area contributed by atoms with Crippen LogP contribution in [0.25, 0.3) is 16.8 Å². The van der Waals surface area contributed by atoms with Crippen molar-refractivity contribution in [2.24, 2.45) is 5.10 Å². The van der Waals surface area contributed by atoms with Crippen LogP contribution in [0.15, 0.2) is 84.0 Å². The number of hydrogen-bond donors (Lipinski definition) is 1. The Morgan fingerprint density at radius 3 is 1.86 bits per heavy atom. The van der Waals surface area contributed by atoms with Crippen molar-refractivity contribution in [2.75, 3.05) is 0 Å². The molecule has 0 radical (unpaired) electrons. The van der Waals surface area contributed by atoms with Crippen LogP contribution < -0.4 is 5.43 Å². The van der Waals surface area contributed by atoms with E-state index in [1.54, 1.807) is 18.3 Å². The summed E-state index contributed by atoms with van der Waals surface area (Å²) >= 11 is 0. The third-order valence-electron chi connectivity index (χ3n) is 5.72. The van der Waals surface area contributed by atoms with Gasteiger partial charge in [0, 0.05) is 52.5 Å². The number of carbonyl (C=O) groups excluding carboxylic acids is 1. The Labute approximate surface area is 205 Å². The minimum Gasteiger partial charge on any atom is -0.318 e. The largest absolute Gasteiger partial charge is 0.318 e. The van der Waals surface area contributed by atoms with Gasteiger partial charge in [-0.15, -0.1) is 0 Å². The molecular weight excluding hydrogens is 462 g/mol. The average molecular weight is 483 g/mol. The lowest BCUT2D eigenvalue weighted by molar-refractivity contribution is -0.385. The molecular formula is C26H21N5O5. The maximum absolute atomic E-state index is 12.3. The van der Waals surface area contributed by atoms with Gasteiger partial charge in [0.25, 0.3) is 17.3 Å². The molecule has 0 bridgehead atoms. The quantitative estimate of drug-likeness (QED) is 0.215. The maximum Gasteiger partial charge on any atom is 0.271 e. The molecule has 0 saturated carbocycles. The summed E-state index contributed by atoms with van der Waals surface area (Å²) in [6, 6.07) is 21.5. The lowest BCUT2D eigenvalue weighted by Gasteiger charge is -2.11. The normalized spacial score (nSPS) is 10.9.